The number of allylic oxidation sites excluding steroid dienone is 8. The van der Waals surface area contributed by atoms with Crippen LogP contribution in [0.5, 0.6) is 23.0 Å². The third-order valence-electron chi connectivity index (χ3n) is 8.55. The van der Waals surface area contributed by atoms with Crippen molar-refractivity contribution in [1.82, 2.24) is 0 Å². The van der Waals surface area contributed by atoms with Crippen molar-refractivity contribution in [2.24, 2.45) is 0 Å². The summed E-state index contributed by atoms with van der Waals surface area (Å²) in [5.74, 6) is -1.07. The molecular weight excluding hydrogens is 612 g/mol. The fourth-order valence-corrected chi connectivity index (χ4v) is 5.52. The number of benzene rings is 2. The Morgan fingerprint density at radius 2 is 1.06 bits per heavy atom. The van der Waals surface area contributed by atoms with Crippen molar-refractivity contribution < 1.29 is 30.3 Å². The van der Waals surface area contributed by atoms with Gasteiger partial charge in [-0.25, -0.2) is 4.79 Å². The van der Waals surface area contributed by atoms with Gasteiger partial charge in [0.2, 0.25) is 0 Å². The Bertz CT molecular complexity index is 1430. The van der Waals surface area contributed by atoms with Crippen LogP contribution in [0.2, 0.25) is 0 Å². The molecule has 2 aromatic rings. The number of phenolic OH excluding ortho intramolecular Hbond substituents is 3. The predicted octanol–water partition coefficient (Wildman–Crippen LogP) is 11.8. The van der Waals surface area contributed by atoms with Crippen molar-refractivity contribution in [3.8, 4) is 23.0 Å². The predicted molar refractivity (Wildman–Crippen MR) is 205 cm³/mol. The molecule has 0 spiro atoms. The minimum Gasteiger partial charge on any atom is -0.508 e. The molecule has 0 aliphatic heterocycles. The first kappa shape index (κ1) is 43.1. The van der Waals surface area contributed by atoms with Crippen LogP contribution >= 0.6 is 0 Å². The number of aromatic hydroxyl groups is 4. The topological polar surface area (TPSA) is 118 Å². The van der Waals surface area contributed by atoms with Gasteiger partial charge in [0.25, 0.3) is 0 Å². The van der Waals surface area contributed by atoms with Gasteiger partial charge in [-0.15, -0.1) is 0 Å². The second-order valence-electron chi connectivity index (χ2n) is 13.7. The summed E-state index contributed by atoms with van der Waals surface area (Å²) in [4.78, 5) is 11.6. The maximum atomic E-state index is 11.6. The van der Waals surface area contributed by atoms with E-state index < -0.39 is 5.97 Å². The van der Waals surface area contributed by atoms with E-state index >= 15 is 0 Å². The molecule has 0 fully saturated rings. The highest BCUT2D eigenvalue weighted by atomic mass is 16.4. The van der Waals surface area contributed by atoms with E-state index in [1.807, 2.05) is 13.0 Å². The molecule has 2 rings (SSSR count). The molecule has 0 aliphatic carbocycles. The molecule has 49 heavy (non-hydrogen) atoms. The normalized spacial score (nSPS) is 11.5. The zero-order valence-electron chi connectivity index (χ0n) is 31.6. The number of hydrogen-bond acceptors (Lipinski definition) is 5. The first-order chi connectivity index (χ1) is 23.2. The lowest BCUT2D eigenvalue weighted by Crippen LogP contribution is -2.05. The van der Waals surface area contributed by atoms with Crippen molar-refractivity contribution in [2.45, 2.75) is 145 Å². The number of carboxylic acids is 1. The standard InChI is InChI=1S/C22H32O4.C21H32O2/c1-5-6-7-11-17-14-19(23)18(21(24)20(17)22(25)26)13-12-16(4)10-8-9-15(2)3;1-5-6-7-11-18-14-20(22)19(21(23)15-18)13-12-17(4)10-8-9-16(2)3/h9,12,14,23-24H,5-8,10-11,13H2,1-4H3,(H,25,26);9,12,14-15,22-23H,5-8,10-11,13H2,1-4H3/b16-12+;17-12+. The maximum Gasteiger partial charge on any atom is 0.339 e. The summed E-state index contributed by atoms with van der Waals surface area (Å²) in [5, 5.41) is 50.6. The summed E-state index contributed by atoms with van der Waals surface area (Å²) in [6.45, 7) is 16.7. The molecule has 0 saturated carbocycles. The van der Waals surface area contributed by atoms with E-state index in [4.69, 9.17) is 0 Å². The SMILES string of the molecule is CCCCCc1cc(O)c(C/C=C(\C)CCC=C(C)C)c(O)c1.CCCCCc1cc(O)c(C/C=C(\C)CCC=C(C)C)c(O)c1C(=O)O. The molecule has 0 aliphatic rings. The van der Waals surface area contributed by atoms with Gasteiger partial charge in [0.05, 0.1) is 0 Å². The Morgan fingerprint density at radius 1 is 0.612 bits per heavy atom. The minimum absolute atomic E-state index is 0.0349. The van der Waals surface area contributed by atoms with Crippen LogP contribution in [0.4, 0.5) is 0 Å². The Hall–Kier alpha value is -3.93. The van der Waals surface area contributed by atoms with Gasteiger partial charge >= 0.3 is 5.97 Å². The van der Waals surface area contributed by atoms with Gasteiger partial charge in [-0.1, -0.05) is 86.1 Å². The quantitative estimate of drug-likeness (QED) is 0.0746. The van der Waals surface area contributed by atoms with Gasteiger partial charge in [0.1, 0.15) is 28.6 Å². The summed E-state index contributed by atoms with van der Waals surface area (Å²) in [5.41, 5.74) is 7.39. The lowest BCUT2D eigenvalue weighted by molar-refractivity contribution is 0.0692. The first-order valence-corrected chi connectivity index (χ1v) is 18.1. The van der Waals surface area contributed by atoms with E-state index in [0.717, 1.165) is 68.9 Å². The lowest BCUT2D eigenvalue weighted by atomic mass is 9.95. The smallest absolute Gasteiger partial charge is 0.339 e. The summed E-state index contributed by atoms with van der Waals surface area (Å²) in [7, 11) is 0. The molecule has 0 heterocycles. The Balaban J connectivity index is 0.000000494. The molecule has 0 radical (unpaired) electrons. The van der Waals surface area contributed by atoms with Crippen molar-refractivity contribution in [3.05, 3.63) is 92.6 Å². The van der Waals surface area contributed by atoms with Crippen LogP contribution in [0.25, 0.3) is 0 Å². The average Bonchev–Trinajstić information content (AvgIpc) is 3.00. The fraction of sp³-hybridized carbons (Fsp3) is 0.512. The zero-order chi connectivity index (χ0) is 36.9. The Labute approximate surface area is 296 Å². The van der Waals surface area contributed by atoms with Gasteiger partial charge in [-0.2, -0.15) is 0 Å². The highest BCUT2D eigenvalue weighted by molar-refractivity contribution is 5.93. The largest absolute Gasteiger partial charge is 0.508 e. The number of unbranched alkanes of at least 4 members (excludes halogenated alkanes) is 4. The molecule has 6 nitrogen and oxygen atoms in total. The number of hydrogen-bond donors (Lipinski definition) is 5. The van der Waals surface area contributed by atoms with Crippen LogP contribution in [0.1, 0.15) is 152 Å². The molecular formula is C43H64O6. The zero-order valence-corrected chi connectivity index (χ0v) is 31.6. The molecule has 0 amide bonds. The van der Waals surface area contributed by atoms with E-state index in [9.17, 15) is 30.3 Å². The number of phenols is 4. The minimum atomic E-state index is -1.15. The molecule has 0 atom stereocenters. The van der Waals surface area contributed by atoms with E-state index in [1.54, 1.807) is 12.1 Å². The van der Waals surface area contributed by atoms with Gasteiger partial charge in [0.15, 0.2) is 0 Å². The van der Waals surface area contributed by atoms with E-state index in [1.165, 1.54) is 35.6 Å². The third kappa shape index (κ3) is 16.8. The summed E-state index contributed by atoms with van der Waals surface area (Å²) in [6, 6.07) is 5.11. The van der Waals surface area contributed by atoms with Crippen molar-refractivity contribution in [3.63, 3.8) is 0 Å². The van der Waals surface area contributed by atoms with E-state index in [2.05, 4.69) is 66.7 Å². The summed E-state index contributed by atoms with van der Waals surface area (Å²) in [6.07, 6.45) is 21.0. The number of carboxylic acid groups (broad SMARTS) is 1. The highest BCUT2D eigenvalue weighted by Gasteiger charge is 2.21. The lowest BCUT2D eigenvalue weighted by Gasteiger charge is -2.14. The molecule has 0 saturated heterocycles. The van der Waals surface area contributed by atoms with Gasteiger partial charge in [0, 0.05) is 11.1 Å². The summed E-state index contributed by atoms with van der Waals surface area (Å²) >= 11 is 0. The van der Waals surface area contributed by atoms with E-state index in [0.29, 0.717) is 30.4 Å². The molecule has 5 N–H and O–H groups in total. The van der Waals surface area contributed by atoms with Crippen LogP contribution in [-0.2, 0) is 25.7 Å². The summed E-state index contributed by atoms with van der Waals surface area (Å²) < 4.78 is 0. The van der Waals surface area contributed by atoms with Gasteiger partial charge in [-0.3, -0.25) is 0 Å². The monoisotopic (exact) mass is 676 g/mol. The molecule has 0 aromatic heterocycles. The Morgan fingerprint density at radius 3 is 1.51 bits per heavy atom. The Kier molecular flexibility index (Phi) is 20.6. The average molecular weight is 677 g/mol. The molecule has 2 aromatic carbocycles. The van der Waals surface area contributed by atoms with Crippen molar-refractivity contribution in [2.75, 3.05) is 0 Å². The molecule has 6 heteroatoms. The number of aryl methyl sites for hydroxylation is 2. The van der Waals surface area contributed by atoms with Crippen LogP contribution in [-0.4, -0.2) is 31.5 Å². The van der Waals surface area contributed by atoms with Crippen molar-refractivity contribution >= 4 is 5.97 Å². The molecule has 0 unspecified atom stereocenters. The fourth-order valence-electron chi connectivity index (χ4n) is 5.52. The van der Waals surface area contributed by atoms with Crippen LogP contribution in [0, 0.1) is 0 Å². The van der Waals surface area contributed by atoms with Crippen molar-refractivity contribution in [1.29, 1.82) is 0 Å². The molecule has 0 bridgehead atoms. The van der Waals surface area contributed by atoms with Gasteiger partial charge in [-0.05, 0) is 135 Å². The number of rotatable bonds is 19. The van der Waals surface area contributed by atoms with Crippen LogP contribution in [0.15, 0.2) is 64.8 Å². The molecule has 272 valence electrons. The highest BCUT2D eigenvalue weighted by Crippen LogP contribution is 2.36. The third-order valence-corrected chi connectivity index (χ3v) is 8.55. The van der Waals surface area contributed by atoms with E-state index in [-0.39, 0.29) is 34.1 Å². The number of aromatic carboxylic acids is 1. The first-order valence-electron chi connectivity index (χ1n) is 18.1. The maximum absolute atomic E-state index is 11.6. The van der Waals surface area contributed by atoms with Crippen LogP contribution in [0.3, 0.4) is 0 Å². The second-order valence-corrected chi connectivity index (χ2v) is 13.7. The van der Waals surface area contributed by atoms with Gasteiger partial charge < -0.3 is 25.5 Å². The number of carbonyl (C=O) groups is 1. The second kappa shape index (κ2) is 23.4. The van der Waals surface area contributed by atoms with Crippen LogP contribution < -0.4 is 0 Å².